The van der Waals surface area contributed by atoms with Gasteiger partial charge < -0.3 is 9.32 Å². The molecule has 12 rings (SSSR count). The van der Waals surface area contributed by atoms with Crippen LogP contribution in [0.3, 0.4) is 0 Å². The number of furan rings is 1. The van der Waals surface area contributed by atoms with Crippen LogP contribution in [0.1, 0.15) is 47.2 Å². The number of fused-ring (bicyclic) bond motifs is 17. The van der Waals surface area contributed by atoms with Crippen molar-refractivity contribution in [1.82, 2.24) is 0 Å². The molecular weight excluding hydrogens is 655 g/mol. The van der Waals surface area contributed by atoms with Gasteiger partial charge in [-0.25, -0.2) is 0 Å². The van der Waals surface area contributed by atoms with Gasteiger partial charge in [0.25, 0.3) is 0 Å². The van der Waals surface area contributed by atoms with Gasteiger partial charge in [0.1, 0.15) is 11.2 Å². The van der Waals surface area contributed by atoms with Crippen LogP contribution in [0.25, 0.3) is 55.3 Å². The molecule has 8 aromatic carbocycles. The fraction of sp³-hybridized carbons (Fsp3) is 0.0769. The Bertz CT molecular complexity index is 3040. The van der Waals surface area contributed by atoms with Crippen LogP contribution in [-0.4, -0.2) is 0 Å². The van der Waals surface area contributed by atoms with Gasteiger partial charge in [-0.15, -0.1) is 0 Å². The summed E-state index contributed by atoms with van der Waals surface area (Å²) < 4.78 is 6.78. The summed E-state index contributed by atoms with van der Waals surface area (Å²) in [5, 5.41) is 2.32. The quantitative estimate of drug-likeness (QED) is 0.184. The van der Waals surface area contributed by atoms with Crippen molar-refractivity contribution in [1.29, 1.82) is 0 Å². The molecule has 0 N–H and O–H groups in total. The molecule has 0 fully saturated rings. The van der Waals surface area contributed by atoms with E-state index in [1.54, 1.807) is 0 Å². The Hall–Kier alpha value is -6.64. The van der Waals surface area contributed by atoms with Gasteiger partial charge in [0.15, 0.2) is 0 Å². The maximum absolute atomic E-state index is 6.78. The second-order valence-electron chi connectivity index (χ2n) is 15.6. The third-order valence-corrected chi connectivity index (χ3v) is 12.7. The minimum Gasteiger partial charge on any atom is -0.455 e. The molecule has 1 aromatic heterocycles. The zero-order chi connectivity index (χ0) is 35.8. The number of para-hydroxylation sites is 2. The molecule has 9 aromatic rings. The molecule has 0 saturated heterocycles. The summed E-state index contributed by atoms with van der Waals surface area (Å²) in [6.45, 7) is 4.72. The van der Waals surface area contributed by atoms with Crippen molar-refractivity contribution in [2.45, 2.75) is 24.7 Å². The second kappa shape index (κ2) is 10.5. The maximum atomic E-state index is 6.78. The smallest absolute Gasteiger partial charge is 0.143 e. The van der Waals surface area contributed by atoms with Gasteiger partial charge in [0.2, 0.25) is 0 Å². The van der Waals surface area contributed by atoms with E-state index in [0.29, 0.717) is 0 Å². The van der Waals surface area contributed by atoms with Gasteiger partial charge >= 0.3 is 0 Å². The van der Waals surface area contributed by atoms with Crippen molar-refractivity contribution in [3.8, 4) is 33.4 Å². The maximum Gasteiger partial charge on any atom is 0.143 e. The Balaban J connectivity index is 1.13. The lowest BCUT2D eigenvalue weighted by molar-refractivity contribution is 0.660. The number of hydrogen-bond acceptors (Lipinski definition) is 2. The monoisotopic (exact) mass is 689 g/mol. The van der Waals surface area contributed by atoms with Gasteiger partial charge in [-0.1, -0.05) is 147 Å². The first kappa shape index (κ1) is 29.9. The molecule has 54 heavy (non-hydrogen) atoms. The first-order chi connectivity index (χ1) is 26.5. The largest absolute Gasteiger partial charge is 0.455 e. The van der Waals surface area contributed by atoms with E-state index in [-0.39, 0.29) is 5.41 Å². The fourth-order valence-electron chi connectivity index (χ4n) is 10.4. The number of hydrogen-bond donors (Lipinski definition) is 0. The summed E-state index contributed by atoms with van der Waals surface area (Å²) in [5.74, 6) is 0. The van der Waals surface area contributed by atoms with E-state index >= 15 is 0 Å². The SMILES string of the molecule is CC1(C)c2ccccc2-c2ccc(N(c3ccccc3)c3ccc4c(c3)C3(c5ccccc5-4)c4ccccc4-c4c3ccc3c4oc4ccccc43)cc21. The highest BCUT2D eigenvalue weighted by atomic mass is 16.3. The predicted molar refractivity (Wildman–Crippen MR) is 222 cm³/mol. The Labute approximate surface area is 314 Å². The highest BCUT2D eigenvalue weighted by Gasteiger charge is 2.52. The van der Waals surface area contributed by atoms with Crippen LogP contribution in [0.5, 0.6) is 0 Å². The van der Waals surface area contributed by atoms with Gasteiger partial charge in [-0.05, 0) is 104 Å². The topological polar surface area (TPSA) is 16.4 Å². The lowest BCUT2D eigenvalue weighted by Crippen LogP contribution is -2.26. The zero-order valence-electron chi connectivity index (χ0n) is 30.1. The van der Waals surface area contributed by atoms with Crippen LogP contribution < -0.4 is 4.90 Å². The molecule has 0 aliphatic heterocycles. The Morgan fingerprint density at radius 2 is 0.944 bits per heavy atom. The molecule has 1 unspecified atom stereocenters. The highest BCUT2D eigenvalue weighted by molar-refractivity contribution is 6.13. The number of anilines is 3. The minimum absolute atomic E-state index is 0.104. The summed E-state index contributed by atoms with van der Waals surface area (Å²) in [4.78, 5) is 2.44. The van der Waals surface area contributed by atoms with E-state index in [1.807, 2.05) is 0 Å². The van der Waals surface area contributed by atoms with Crippen molar-refractivity contribution in [2.75, 3.05) is 4.90 Å². The van der Waals surface area contributed by atoms with E-state index in [2.05, 4.69) is 195 Å². The second-order valence-corrected chi connectivity index (χ2v) is 15.6. The molecule has 2 heteroatoms. The van der Waals surface area contributed by atoms with Gasteiger partial charge in [-0.3, -0.25) is 0 Å². The van der Waals surface area contributed by atoms with E-state index in [4.69, 9.17) is 4.42 Å². The summed E-state index contributed by atoms with van der Waals surface area (Å²) in [5.41, 5.74) is 20.3. The molecule has 1 heterocycles. The van der Waals surface area contributed by atoms with Crippen molar-refractivity contribution in [3.63, 3.8) is 0 Å². The molecule has 3 aliphatic carbocycles. The van der Waals surface area contributed by atoms with E-state index in [9.17, 15) is 0 Å². The highest BCUT2D eigenvalue weighted by Crippen LogP contribution is 2.64. The van der Waals surface area contributed by atoms with Crippen LogP contribution >= 0.6 is 0 Å². The van der Waals surface area contributed by atoms with Gasteiger partial charge in [-0.2, -0.15) is 0 Å². The third kappa shape index (κ3) is 3.65. The average Bonchev–Trinajstić information content (AvgIpc) is 3.91. The van der Waals surface area contributed by atoms with Crippen LogP contribution in [0.15, 0.2) is 180 Å². The first-order valence-electron chi connectivity index (χ1n) is 18.9. The molecule has 0 amide bonds. The lowest BCUT2D eigenvalue weighted by atomic mass is 9.70. The molecule has 1 spiro atoms. The van der Waals surface area contributed by atoms with Gasteiger partial charge in [0, 0.05) is 38.8 Å². The van der Waals surface area contributed by atoms with Gasteiger partial charge in [0.05, 0.1) is 5.41 Å². The van der Waals surface area contributed by atoms with Crippen LogP contribution in [0.4, 0.5) is 17.1 Å². The lowest BCUT2D eigenvalue weighted by Gasteiger charge is -2.32. The molecule has 2 nitrogen and oxygen atoms in total. The van der Waals surface area contributed by atoms with Crippen molar-refractivity contribution in [3.05, 3.63) is 209 Å². The average molecular weight is 690 g/mol. The molecule has 254 valence electrons. The number of rotatable bonds is 3. The van der Waals surface area contributed by atoms with Crippen LogP contribution in [-0.2, 0) is 10.8 Å². The summed E-state index contributed by atoms with van der Waals surface area (Å²) in [6.07, 6.45) is 0. The zero-order valence-corrected chi connectivity index (χ0v) is 30.1. The molecule has 1 atom stereocenters. The summed E-state index contributed by atoms with van der Waals surface area (Å²) in [7, 11) is 0. The first-order valence-corrected chi connectivity index (χ1v) is 18.9. The number of nitrogens with zero attached hydrogens (tertiary/aromatic N) is 1. The molecule has 0 radical (unpaired) electrons. The van der Waals surface area contributed by atoms with Crippen LogP contribution in [0.2, 0.25) is 0 Å². The van der Waals surface area contributed by atoms with Crippen molar-refractivity contribution in [2.24, 2.45) is 0 Å². The Morgan fingerprint density at radius 3 is 1.70 bits per heavy atom. The molecule has 0 bridgehead atoms. The van der Waals surface area contributed by atoms with Crippen molar-refractivity contribution >= 4 is 39.0 Å². The van der Waals surface area contributed by atoms with E-state index in [0.717, 1.165) is 39.0 Å². The van der Waals surface area contributed by atoms with E-state index < -0.39 is 5.41 Å². The third-order valence-electron chi connectivity index (χ3n) is 12.7. The predicted octanol–water partition coefficient (Wildman–Crippen LogP) is 13.7. The van der Waals surface area contributed by atoms with Crippen LogP contribution in [0, 0.1) is 0 Å². The summed E-state index contributed by atoms with van der Waals surface area (Å²) >= 11 is 0. The normalized spacial score (nSPS) is 16.6. The molecular formula is C52H35NO. The molecule has 3 aliphatic rings. The van der Waals surface area contributed by atoms with E-state index in [1.165, 1.54) is 66.8 Å². The fourth-order valence-corrected chi connectivity index (χ4v) is 10.4. The standard InChI is InChI=1S/C52H35NO/c1-51(2)42-20-10-6-16-35(42)37-26-24-33(30-46(37)51)53(32-14-4-3-5-15-32)34-25-27-38-36-17-7-11-21-43(36)52(47(38)31-34)44-22-12-8-19-41(44)49-45(52)29-28-40-39-18-9-13-23-48(39)54-50(40)49/h3-31H,1-2H3. The Kier molecular flexibility index (Phi) is 5.81. The number of benzene rings is 8. The summed E-state index contributed by atoms with van der Waals surface area (Å²) in [6, 6.07) is 65.1. The molecule has 0 saturated carbocycles. The minimum atomic E-state index is -0.509. The Morgan fingerprint density at radius 1 is 0.389 bits per heavy atom. The van der Waals surface area contributed by atoms with Crippen molar-refractivity contribution < 1.29 is 4.42 Å².